The number of benzene rings is 2. The van der Waals surface area contributed by atoms with Crippen LogP contribution in [0.15, 0.2) is 54.6 Å². The number of piperidine rings is 1. The smallest absolute Gasteiger partial charge is 0.225 e. The van der Waals surface area contributed by atoms with Gasteiger partial charge in [0, 0.05) is 50.0 Å². The van der Waals surface area contributed by atoms with Crippen molar-refractivity contribution in [2.75, 3.05) is 33.3 Å². The number of hydrogen-bond acceptors (Lipinski definition) is 3. The maximum absolute atomic E-state index is 13.2. The summed E-state index contributed by atoms with van der Waals surface area (Å²) in [5, 5.41) is 0. The first kappa shape index (κ1) is 20.6. The fourth-order valence-corrected chi connectivity index (χ4v) is 5.79. The molecule has 4 heteroatoms. The molecule has 2 aromatic carbocycles. The summed E-state index contributed by atoms with van der Waals surface area (Å²) in [6.45, 7) is 4.16. The molecule has 0 aromatic heterocycles. The summed E-state index contributed by atoms with van der Waals surface area (Å²) in [6.07, 6.45) is 5.58. The number of hydrogen-bond donors (Lipinski definition) is 0. The summed E-state index contributed by atoms with van der Waals surface area (Å²) >= 11 is 0. The first-order valence-electron chi connectivity index (χ1n) is 11.9. The van der Waals surface area contributed by atoms with Crippen LogP contribution in [-0.2, 0) is 11.2 Å². The quantitative estimate of drug-likeness (QED) is 0.699. The van der Waals surface area contributed by atoms with Crippen LogP contribution in [0.25, 0.3) is 0 Å². The van der Waals surface area contributed by atoms with Crippen LogP contribution in [-0.4, -0.2) is 55.0 Å². The van der Waals surface area contributed by atoms with E-state index < -0.39 is 0 Å². The van der Waals surface area contributed by atoms with Crippen LogP contribution in [0.4, 0.5) is 0 Å². The van der Waals surface area contributed by atoms with Crippen molar-refractivity contribution in [3.05, 3.63) is 65.7 Å². The zero-order valence-corrected chi connectivity index (χ0v) is 18.6. The van der Waals surface area contributed by atoms with Crippen LogP contribution in [0, 0.1) is 11.8 Å². The molecule has 1 aliphatic carbocycles. The molecule has 5 rings (SSSR count). The topological polar surface area (TPSA) is 32.8 Å². The van der Waals surface area contributed by atoms with Crippen molar-refractivity contribution in [1.82, 2.24) is 9.80 Å². The van der Waals surface area contributed by atoms with E-state index in [0.29, 0.717) is 23.8 Å². The molecule has 0 unspecified atom stereocenters. The van der Waals surface area contributed by atoms with Gasteiger partial charge in [-0.3, -0.25) is 4.79 Å². The Morgan fingerprint density at radius 1 is 1.00 bits per heavy atom. The van der Waals surface area contributed by atoms with Crippen LogP contribution in [0.1, 0.15) is 42.7 Å². The van der Waals surface area contributed by atoms with Crippen LogP contribution in [0.2, 0.25) is 0 Å². The van der Waals surface area contributed by atoms with Crippen molar-refractivity contribution >= 4 is 5.91 Å². The third-order valence-corrected chi connectivity index (χ3v) is 7.86. The normalized spacial score (nSPS) is 26.4. The molecule has 3 aliphatic rings. The van der Waals surface area contributed by atoms with Gasteiger partial charge in [0.25, 0.3) is 0 Å². The van der Waals surface area contributed by atoms with Crippen LogP contribution >= 0.6 is 0 Å². The number of methoxy groups -OCH3 is 1. The summed E-state index contributed by atoms with van der Waals surface area (Å²) in [5.41, 5.74) is 2.76. The van der Waals surface area contributed by atoms with Gasteiger partial charge in [-0.2, -0.15) is 0 Å². The van der Waals surface area contributed by atoms with Gasteiger partial charge < -0.3 is 14.5 Å². The van der Waals surface area contributed by atoms with Crippen molar-refractivity contribution in [2.45, 2.75) is 44.1 Å². The number of amides is 1. The largest absolute Gasteiger partial charge is 0.497 e. The maximum Gasteiger partial charge on any atom is 0.225 e. The molecule has 3 fully saturated rings. The lowest BCUT2D eigenvalue weighted by Gasteiger charge is -2.40. The lowest BCUT2D eigenvalue weighted by Crippen LogP contribution is -2.50. The van der Waals surface area contributed by atoms with E-state index in [2.05, 4.69) is 64.4 Å². The molecule has 31 heavy (non-hydrogen) atoms. The van der Waals surface area contributed by atoms with Crippen LogP contribution in [0.5, 0.6) is 5.75 Å². The molecule has 2 aromatic rings. The Bertz CT molecular complexity index is 878. The first-order valence-corrected chi connectivity index (χ1v) is 11.9. The summed E-state index contributed by atoms with van der Waals surface area (Å²) < 4.78 is 5.37. The average Bonchev–Trinajstić information content (AvgIpc) is 3.16. The minimum absolute atomic E-state index is 0.284. The second kappa shape index (κ2) is 9.04. The molecule has 2 saturated heterocycles. The molecule has 0 radical (unpaired) electrons. The highest BCUT2D eigenvalue weighted by molar-refractivity contribution is 5.80. The monoisotopic (exact) mass is 418 g/mol. The molecule has 0 spiro atoms. The van der Waals surface area contributed by atoms with Crippen LogP contribution in [0.3, 0.4) is 0 Å². The van der Waals surface area contributed by atoms with E-state index >= 15 is 0 Å². The number of ether oxygens (including phenoxy) is 1. The lowest BCUT2D eigenvalue weighted by atomic mass is 9.81. The van der Waals surface area contributed by atoms with Gasteiger partial charge in [-0.1, -0.05) is 48.9 Å². The molecule has 2 heterocycles. The molecule has 1 amide bonds. The second-order valence-electron chi connectivity index (χ2n) is 9.55. The van der Waals surface area contributed by atoms with Gasteiger partial charge in [0.15, 0.2) is 0 Å². The highest BCUT2D eigenvalue weighted by Gasteiger charge is 2.48. The Kier molecular flexibility index (Phi) is 5.99. The highest BCUT2D eigenvalue weighted by Crippen LogP contribution is 2.43. The van der Waals surface area contributed by atoms with Crippen molar-refractivity contribution < 1.29 is 9.53 Å². The maximum atomic E-state index is 13.2. The zero-order valence-electron chi connectivity index (χ0n) is 18.6. The van der Waals surface area contributed by atoms with Gasteiger partial charge in [-0.15, -0.1) is 0 Å². The molecule has 0 bridgehead atoms. The SMILES string of the molecule is COc1ccc([C@H]2CN(C(=O)C3CCC3)[C@@H]3CCN(CCc4ccccc4)C[C@H]23)cc1. The Morgan fingerprint density at radius 3 is 2.45 bits per heavy atom. The van der Waals surface area contributed by atoms with Crippen molar-refractivity contribution in [3.8, 4) is 5.75 Å². The van der Waals surface area contributed by atoms with E-state index in [1.807, 2.05) is 0 Å². The summed E-state index contributed by atoms with van der Waals surface area (Å²) in [4.78, 5) is 18.1. The third kappa shape index (κ3) is 4.23. The van der Waals surface area contributed by atoms with Gasteiger partial charge in [0.2, 0.25) is 5.91 Å². The summed E-state index contributed by atoms with van der Waals surface area (Å²) in [6, 6.07) is 19.7. The fourth-order valence-electron chi connectivity index (χ4n) is 5.79. The number of rotatable bonds is 6. The van der Waals surface area contributed by atoms with Gasteiger partial charge in [0.05, 0.1) is 7.11 Å². The summed E-state index contributed by atoms with van der Waals surface area (Å²) in [7, 11) is 1.71. The number of carbonyl (C=O) groups excluding carboxylic acids is 1. The average molecular weight is 419 g/mol. The van der Waals surface area contributed by atoms with Gasteiger partial charge >= 0.3 is 0 Å². The molecule has 1 saturated carbocycles. The van der Waals surface area contributed by atoms with Crippen LogP contribution < -0.4 is 4.74 Å². The minimum atomic E-state index is 0.284. The van der Waals surface area contributed by atoms with Crippen molar-refractivity contribution in [3.63, 3.8) is 0 Å². The molecule has 164 valence electrons. The summed E-state index contributed by atoms with van der Waals surface area (Å²) in [5.74, 6) is 2.54. The number of carbonyl (C=O) groups is 1. The van der Waals surface area contributed by atoms with E-state index in [4.69, 9.17) is 4.74 Å². The molecule has 3 atom stereocenters. The van der Waals surface area contributed by atoms with E-state index in [9.17, 15) is 4.79 Å². The molecule has 2 aliphatic heterocycles. The van der Waals surface area contributed by atoms with E-state index in [1.54, 1.807) is 7.11 Å². The zero-order chi connectivity index (χ0) is 21.2. The third-order valence-electron chi connectivity index (χ3n) is 7.86. The van der Waals surface area contributed by atoms with Gasteiger partial charge in [-0.25, -0.2) is 0 Å². The van der Waals surface area contributed by atoms with E-state index in [-0.39, 0.29) is 5.92 Å². The van der Waals surface area contributed by atoms with Crippen molar-refractivity contribution in [1.29, 1.82) is 0 Å². The second-order valence-corrected chi connectivity index (χ2v) is 9.55. The van der Waals surface area contributed by atoms with E-state index in [0.717, 1.165) is 57.6 Å². The Balaban J connectivity index is 1.33. The Labute approximate surface area is 186 Å². The van der Waals surface area contributed by atoms with Gasteiger partial charge in [0.1, 0.15) is 5.75 Å². The predicted molar refractivity (Wildman–Crippen MR) is 123 cm³/mol. The molecule has 0 N–H and O–H groups in total. The standard InChI is InChI=1S/C27H34N2O2/c1-31-23-12-10-21(11-13-23)24-19-29(27(30)22-8-5-9-22)26-15-17-28(18-25(24)26)16-14-20-6-3-2-4-7-20/h2-4,6-7,10-13,22,24-26H,5,8-9,14-19H2,1H3/t24-,25-,26-/m1/s1. The number of likely N-dealkylation sites (tertiary alicyclic amines) is 2. The Hall–Kier alpha value is -2.33. The first-order chi connectivity index (χ1) is 15.2. The minimum Gasteiger partial charge on any atom is -0.497 e. The van der Waals surface area contributed by atoms with E-state index in [1.165, 1.54) is 17.5 Å². The molecular formula is C27H34N2O2. The number of fused-ring (bicyclic) bond motifs is 1. The predicted octanol–water partition coefficient (Wildman–Crippen LogP) is 4.35. The highest BCUT2D eigenvalue weighted by atomic mass is 16.5. The fraction of sp³-hybridized carbons (Fsp3) is 0.519. The van der Waals surface area contributed by atoms with Gasteiger partial charge in [-0.05, 0) is 48.9 Å². The lowest BCUT2D eigenvalue weighted by molar-refractivity contribution is -0.140. The Morgan fingerprint density at radius 2 is 1.77 bits per heavy atom. The van der Waals surface area contributed by atoms with Crippen molar-refractivity contribution in [2.24, 2.45) is 11.8 Å². The molecule has 4 nitrogen and oxygen atoms in total. The molecular weight excluding hydrogens is 384 g/mol. The number of nitrogens with zero attached hydrogens (tertiary/aromatic N) is 2.